The molecule has 0 aromatic carbocycles. The largest absolute Gasteiger partial charge is 0.381 e. The minimum Gasteiger partial charge on any atom is -0.381 e. The van der Waals surface area contributed by atoms with Crippen LogP contribution in [0.2, 0.25) is 0 Å². The van der Waals surface area contributed by atoms with Crippen molar-refractivity contribution in [3.05, 3.63) is 24.3 Å². The maximum absolute atomic E-state index is 14.6. The lowest BCUT2D eigenvalue weighted by atomic mass is 9.82. The molecule has 5 N–H and O–H groups in total. The summed E-state index contributed by atoms with van der Waals surface area (Å²) in [7, 11) is 0. The molecule has 2 saturated carbocycles. The molecule has 0 spiro atoms. The van der Waals surface area contributed by atoms with E-state index in [1.807, 2.05) is 41.5 Å². The van der Waals surface area contributed by atoms with Crippen molar-refractivity contribution in [1.82, 2.24) is 36.1 Å². The van der Waals surface area contributed by atoms with Gasteiger partial charge in [0, 0.05) is 25.0 Å². The Bertz CT molecular complexity index is 1390. The Morgan fingerprint density at radius 1 is 0.940 bits per heavy atom. The number of fused-ring (bicyclic) bond motifs is 1. The Hall–Kier alpha value is -3.61. The van der Waals surface area contributed by atoms with Crippen LogP contribution < -0.4 is 21.3 Å². The summed E-state index contributed by atoms with van der Waals surface area (Å²) < 4.78 is 0. The number of carbonyl (C=O) groups excluding carboxylic acids is 5. The molecular weight excluding hydrogens is 638 g/mol. The van der Waals surface area contributed by atoms with E-state index in [-0.39, 0.29) is 47.2 Å². The van der Waals surface area contributed by atoms with E-state index in [0.717, 1.165) is 51.4 Å². The molecule has 0 radical (unpaired) electrons. The van der Waals surface area contributed by atoms with Gasteiger partial charge in [0.15, 0.2) is 6.10 Å². The number of rotatable bonds is 10. The second-order valence-electron chi connectivity index (χ2n) is 16.6. The van der Waals surface area contributed by atoms with Crippen molar-refractivity contribution in [2.24, 2.45) is 35.0 Å². The fraction of sp³-hybridized carbons (Fsp3) is 0.757. The summed E-state index contributed by atoms with van der Waals surface area (Å²) in [6, 6.07) is -3.57. The number of aromatic nitrogens is 2. The zero-order chi connectivity index (χ0) is 36.3. The van der Waals surface area contributed by atoms with Gasteiger partial charge in [-0.3, -0.25) is 29.0 Å². The molecule has 2 bridgehead atoms. The van der Waals surface area contributed by atoms with Crippen molar-refractivity contribution in [1.29, 1.82) is 0 Å². The number of amides is 5. The molecule has 13 heteroatoms. The first kappa shape index (κ1) is 37.6. The Labute approximate surface area is 295 Å². The Kier molecular flexibility index (Phi) is 11.8. The first-order valence-corrected chi connectivity index (χ1v) is 18.6. The van der Waals surface area contributed by atoms with E-state index in [9.17, 15) is 29.1 Å². The van der Waals surface area contributed by atoms with Crippen molar-refractivity contribution in [3.63, 3.8) is 0 Å². The van der Waals surface area contributed by atoms with Gasteiger partial charge in [0.05, 0.1) is 12.2 Å². The van der Waals surface area contributed by atoms with Crippen LogP contribution in [0, 0.1) is 35.0 Å². The van der Waals surface area contributed by atoms with Crippen LogP contribution in [0.25, 0.3) is 0 Å². The van der Waals surface area contributed by atoms with E-state index in [0.29, 0.717) is 18.9 Å². The second-order valence-corrected chi connectivity index (χ2v) is 16.6. The van der Waals surface area contributed by atoms with Crippen LogP contribution in [0.3, 0.4) is 0 Å². The summed E-state index contributed by atoms with van der Waals surface area (Å²) in [5.41, 5.74) is -0.620. The van der Waals surface area contributed by atoms with Gasteiger partial charge in [-0.15, -0.1) is 0 Å². The number of likely N-dealkylation sites (tertiary alicyclic amines) is 1. The van der Waals surface area contributed by atoms with Gasteiger partial charge in [0.2, 0.25) is 17.7 Å². The predicted molar refractivity (Wildman–Crippen MR) is 186 cm³/mol. The van der Waals surface area contributed by atoms with Gasteiger partial charge in [-0.2, -0.15) is 0 Å². The summed E-state index contributed by atoms with van der Waals surface area (Å²) in [6.07, 6.45) is 10.2. The van der Waals surface area contributed by atoms with Gasteiger partial charge in [0.1, 0.15) is 23.8 Å². The normalized spacial score (nSPS) is 28.0. The van der Waals surface area contributed by atoms with Crippen molar-refractivity contribution in [2.45, 2.75) is 136 Å². The smallest absolute Gasteiger partial charge is 0.272 e. The molecule has 3 unspecified atom stereocenters. The van der Waals surface area contributed by atoms with Crippen molar-refractivity contribution < 1.29 is 29.1 Å². The summed E-state index contributed by atoms with van der Waals surface area (Å²) in [5, 5.41) is 22.9. The molecule has 5 rings (SSSR count). The van der Waals surface area contributed by atoms with Gasteiger partial charge in [-0.25, -0.2) is 4.98 Å². The molecule has 1 aromatic heterocycles. The Balaban J connectivity index is 1.36. The molecule has 9 atom stereocenters. The van der Waals surface area contributed by atoms with Crippen LogP contribution in [0.5, 0.6) is 0 Å². The van der Waals surface area contributed by atoms with Crippen LogP contribution in [0.15, 0.2) is 18.6 Å². The van der Waals surface area contributed by atoms with E-state index in [1.165, 1.54) is 18.6 Å². The van der Waals surface area contributed by atoms with Crippen LogP contribution in [-0.4, -0.2) is 92.4 Å². The van der Waals surface area contributed by atoms with Crippen LogP contribution in [0.4, 0.5) is 0 Å². The minimum absolute atomic E-state index is 0.0489. The summed E-state index contributed by atoms with van der Waals surface area (Å²) in [4.78, 5) is 78.8. The molecule has 4 aliphatic rings. The van der Waals surface area contributed by atoms with E-state index in [4.69, 9.17) is 0 Å². The molecule has 2 aliphatic carbocycles. The number of carbonyl (C=O) groups is 5. The number of nitrogens with one attached hydrogen (secondary N) is 4. The third-order valence-electron chi connectivity index (χ3n) is 11.7. The van der Waals surface area contributed by atoms with Gasteiger partial charge in [-0.1, -0.05) is 53.9 Å². The van der Waals surface area contributed by atoms with Crippen molar-refractivity contribution >= 4 is 29.5 Å². The zero-order valence-electron chi connectivity index (χ0n) is 30.5. The maximum Gasteiger partial charge on any atom is 0.272 e. The standard InChI is InChI=1S/C37H57N7O6/c1-20(2)21(3)40-35(49)30(45)26-13-12-22-16-24-19-44(29(25(24)17-22)34(48)41-26)36(50)31(37(4,5)6)43-33(47)28(23-10-8-7-9-11-23)42-32(46)27-18-38-14-15-39-27/h14-15,18,20-26,28-31,45H,7-13,16-17,19H2,1-6H3,(H,40,49)(H,41,48)(H,42,46)(H,43,47)/t21-,22?,24-,25-,26?,28-,29-,30?,31+/m0/s1. The number of aliphatic hydroxyl groups excluding tert-OH is 1. The summed E-state index contributed by atoms with van der Waals surface area (Å²) in [6.45, 7) is 11.9. The average Bonchev–Trinajstić information content (AvgIpc) is 3.65. The highest BCUT2D eigenvalue weighted by Gasteiger charge is 2.55. The van der Waals surface area contributed by atoms with Gasteiger partial charge >= 0.3 is 0 Å². The lowest BCUT2D eigenvalue weighted by Gasteiger charge is -2.38. The summed E-state index contributed by atoms with van der Waals surface area (Å²) in [5.74, 6) is -1.69. The highest BCUT2D eigenvalue weighted by atomic mass is 16.3. The van der Waals surface area contributed by atoms with Crippen LogP contribution >= 0.6 is 0 Å². The maximum atomic E-state index is 14.6. The highest BCUT2D eigenvalue weighted by Crippen LogP contribution is 2.48. The van der Waals surface area contributed by atoms with Gasteiger partial charge < -0.3 is 31.3 Å². The lowest BCUT2D eigenvalue weighted by molar-refractivity contribution is -0.145. The Morgan fingerprint density at radius 3 is 2.30 bits per heavy atom. The van der Waals surface area contributed by atoms with Crippen molar-refractivity contribution in [3.8, 4) is 0 Å². The molecule has 5 amide bonds. The number of hydrogen-bond donors (Lipinski definition) is 5. The quantitative estimate of drug-likeness (QED) is 0.247. The topological polar surface area (TPSA) is 183 Å². The molecule has 4 fully saturated rings. The first-order chi connectivity index (χ1) is 23.6. The first-order valence-electron chi connectivity index (χ1n) is 18.6. The molecule has 2 saturated heterocycles. The molecule has 3 heterocycles. The van der Waals surface area contributed by atoms with E-state index < -0.39 is 53.4 Å². The van der Waals surface area contributed by atoms with E-state index >= 15 is 0 Å². The highest BCUT2D eigenvalue weighted by molar-refractivity contribution is 5.98. The molecule has 13 nitrogen and oxygen atoms in total. The second kappa shape index (κ2) is 15.7. The molecule has 1 aromatic rings. The van der Waals surface area contributed by atoms with E-state index in [2.05, 4.69) is 31.2 Å². The van der Waals surface area contributed by atoms with Crippen LogP contribution in [-0.2, 0) is 19.2 Å². The summed E-state index contributed by atoms with van der Waals surface area (Å²) >= 11 is 0. The molecule has 2 aliphatic heterocycles. The number of aliphatic hydroxyl groups is 1. The van der Waals surface area contributed by atoms with Crippen LogP contribution in [0.1, 0.15) is 110 Å². The van der Waals surface area contributed by atoms with Gasteiger partial charge in [-0.05, 0) is 80.5 Å². The SMILES string of the molecule is CC(C)[C@H](C)NC(=O)C(O)C1CCC2C[C@H]3CN(C(=O)[C@@H](NC(=O)[C@@H](NC(=O)c4cnccn4)C4CCCCC4)C(C)(C)C)[C@H](C(=O)N1)[C@H]3C2. The Morgan fingerprint density at radius 2 is 1.66 bits per heavy atom. The third-order valence-corrected chi connectivity index (χ3v) is 11.7. The van der Waals surface area contributed by atoms with E-state index in [1.54, 1.807) is 4.90 Å². The molecular formula is C37H57N7O6. The van der Waals surface area contributed by atoms with Gasteiger partial charge in [0.25, 0.3) is 11.8 Å². The number of hydrogen-bond acceptors (Lipinski definition) is 8. The van der Waals surface area contributed by atoms with Crippen molar-refractivity contribution in [2.75, 3.05) is 6.54 Å². The average molecular weight is 696 g/mol. The fourth-order valence-corrected chi connectivity index (χ4v) is 8.46. The fourth-order valence-electron chi connectivity index (χ4n) is 8.46. The lowest BCUT2D eigenvalue weighted by Crippen LogP contribution is -2.62. The minimum atomic E-state index is -1.42. The number of nitrogens with zero attached hydrogens (tertiary/aromatic N) is 3. The predicted octanol–water partition coefficient (Wildman–Crippen LogP) is 2.34. The molecule has 50 heavy (non-hydrogen) atoms. The molecule has 276 valence electrons. The monoisotopic (exact) mass is 695 g/mol. The third kappa shape index (κ3) is 8.46. The zero-order valence-corrected chi connectivity index (χ0v) is 30.5.